The van der Waals surface area contributed by atoms with Crippen LogP contribution in [0.3, 0.4) is 0 Å². The molecule has 0 radical (unpaired) electrons. The van der Waals surface area contributed by atoms with Gasteiger partial charge >= 0.3 is 5.97 Å². The Morgan fingerprint density at radius 1 is 1.00 bits per heavy atom. The first-order valence-corrected chi connectivity index (χ1v) is 12.0. The van der Waals surface area contributed by atoms with Crippen LogP contribution in [-0.4, -0.2) is 38.6 Å². The zero-order chi connectivity index (χ0) is 25.0. The highest BCUT2D eigenvalue weighted by Gasteiger charge is 2.21. The Morgan fingerprint density at radius 3 is 2.51 bits per heavy atom. The number of nitrogens with one attached hydrogen (secondary N) is 1. The predicted molar refractivity (Wildman–Crippen MR) is 132 cm³/mol. The van der Waals surface area contributed by atoms with E-state index in [1.807, 2.05) is 0 Å². The van der Waals surface area contributed by atoms with Gasteiger partial charge in [-0.25, -0.2) is 18.2 Å². The van der Waals surface area contributed by atoms with Crippen LogP contribution in [0, 0.1) is 11.8 Å². The molecule has 0 amide bonds. The average molecular weight is 508 g/mol. The van der Waals surface area contributed by atoms with Gasteiger partial charge < -0.3 is 9.47 Å². The Morgan fingerprint density at radius 2 is 1.77 bits per heavy atom. The first-order chi connectivity index (χ1) is 16.8. The van der Waals surface area contributed by atoms with Crippen molar-refractivity contribution in [1.82, 2.24) is 9.97 Å². The number of halogens is 1. The maximum atomic E-state index is 13.3. The van der Waals surface area contributed by atoms with Gasteiger partial charge in [-0.15, -0.1) is 0 Å². The molecule has 176 valence electrons. The summed E-state index contributed by atoms with van der Waals surface area (Å²) in [6.07, 6.45) is 2.87. The summed E-state index contributed by atoms with van der Waals surface area (Å²) in [5.41, 5.74) is 1.38. The zero-order valence-corrected chi connectivity index (χ0v) is 20.1. The molecule has 0 saturated heterocycles. The minimum absolute atomic E-state index is 0.00213. The van der Waals surface area contributed by atoms with Crippen molar-refractivity contribution in [3.8, 4) is 17.6 Å². The van der Waals surface area contributed by atoms with Gasteiger partial charge in [0.25, 0.3) is 10.0 Å². The van der Waals surface area contributed by atoms with Crippen molar-refractivity contribution in [3.05, 3.63) is 88.8 Å². The second-order valence-electron chi connectivity index (χ2n) is 7.11. The van der Waals surface area contributed by atoms with E-state index in [0.29, 0.717) is 22.3 Å². The fourth-order valence-electron chi connectivity index (χ4n) is 3.27. The van der Waals surface area contributed by atoms with Crippen LogP contribution in [0.5, 0.6) is 5.75 Å². The third-order valence-corrected chi connectivity index (χ3v) is 6.66. The highest BCUT2D eigenvalue weighted by Crippen LogP contribution is 2.30. The largest absolute Gasteiger partial charge is 0.496 e. The van der Waals surface area contributed by atoms with Crippen LogP contribution in [0.25, 0.3) is 10.9 Å². The van der Waals surface area contributed by atoms with E-state index in [1.54, 1.807) is 42.5 Å². The number of esters is 1. The fraction of sp³-hybridized carbons (Fsp3) is 0.0800. The number of ether oxygens (including phenoxy) is 2. The highest BCUT2D eigenvalue weighted by molar-refractivity contribution is 7.93. The molecular formula is C25H18ClN3O5S. The van der Waals surface area contributed by atoms with Crippen LogP contribution in [-0.2, 0) is 14.8 Å². The van der Waals surface area contributed by atoms with E-state index in [1.165, 1.54) is 38.7 Å². The molecule has 0 aliphatic heterocycles. The number of rotatable bonds is 5. The van der Waals surface area contributed by atoms with Crippen LogP contribution in [0.15, 0.2) is 71.9 Å². The third-order valence-electron chi connectivity index (χ3n) is 4.95. The van der Waals surface area contributed by atoms with Crippen LogP contribution >= 0.6 is 11.6 Å². The maximum Gasteiger partial charge on any atom is 0.356 e. The van der Waals surface area contributed by atoms with Crippen LogP contribution in [0.2, 0.25) is 5.02 Å². The Balaban J connectivity index is 1.69. The molecule has 4 rings (SSSR count). The number of fused-ring (bicyclic) bond motifs is 1. The third kappa shape index (κ3) is 5.04. The van der Waals surface area contributed by atoms with Gasteiger partial charge in [0.2, 0.25) is 0 Å². The molecule has 0 atom stereocenters. The number of anilines is 1. The Bertz CT molecular complexity index is 1610. The number of methoxy groups -OCH3 is 2. The molecule has 2 heterocycles. The number of para-hydroxylation sites is 1. The average Bonchev–Trinajstić information content (AvgIpc) is 2.87. The predicted octanol–water partition coefficient (Wildman–Crippen LogP) is 4.28. The van der Waals surface area contributed by atoms with E-state index >= 15 is 0 Å². The lowest BCUT2D eigenvalue weighted by molar-refractivity contribution is 0.0594. The Hall–Kier alpha value is -4.13. The van der Waals surface area contributed by atoms with Crippen LogP contribution in [0.4, 0.5) is 5.69 Å². The highest BCUT2D eigenvalue weighted by atomic mass is 35.5. The molecule has 2 aromatic heterocycles. The molecule has 0 bridgehead atoms. The molecule has 0 unspecified atom stereocenters. The molecule has 8 nitrogen and oxygen atoms in total. The van der Waals surface area contributed by atoms with Crippen molar-refractivity contribution in [2.24, 2.45) is 0 Å². The zero-order valence-electron chi connectivity index (χ0n) is 18.6. The summed E-state index contributed by atoms with van der Waals surface area (Å²) >= 11 is 6.22. The fourth-order valence-corrected chi connectivity index (χ4v) is 4.71. The van der Waals surface area contributed by atoms with E-state index in [0.717, 1.165) is 0 Å². The van der Waals surface area contributed by atoms with Crippen molar-refractivity contribution >= 4 is 44.2 Å². The van der Waals surface area contributed by atoms with Crippen LogP contribution in [0.1, 0.15) is 21.6 Å². The molecule has 0 saturated carbocycles. The quantitative estimate of drug-likeness (QED) is 0.317. The van der Waals surface area contributed by atoms with Gasteiger partial charge in [-0.1, -0.05) is 35.6 Å². The summed E-state index contributed by atoms with van der Waals surface area (Å²) in [5, 5.41) is 0.783. The van der Waals surface area contributed by atoms with E-state index < -0.39 is 16.0 Å². The summed E-state index contributed by atoms with van der Waals surface area (Å²) in [6, 6.07) is 14.5. The summed E-state index contributed by atoms with van der Waals surface area (Å²) < 4.78 is 39.2. The SMILES string of the molecule is COC(=O)c1cc(Cl)c(C#Cc2ccccc2NS(=O)(=O)c2ccc(OC)c3cccnc23)cn1. The number of sulfonamides is 1. The molecule has 0 aliphatic rings. The summed E-state index contributed by atoms with van der Waals surface area (Å²) in [5.74, 6) is 5.67. The summed E-state index contributed by atoms with van der Waals surface area (Å²) in [4.78, 5) is 19.9. The molecule has 2 aromatic carbocycles. The van der Waals surface area contributed by atoms with Crippen molar-refractivity contribution in [2.45, 2.75) is 4.90 Å². The normalized spacial score (nSPS) is 10.8. The first kappa shape index (κ1) is 24.0. The number of pyridine rings is 2. The monoisotopic (exact) mass is 507 g/mol. The minimum Gasteiger partial charge on any atom is -0.496 e. The minimum atomic E-state index is -4.02. The second-order valence-corrected chi connectivity index (χ2v) is 9.17. The maximum absolute atomic E-state index is 13.3. The molecular weight excluding hydrogens is 490 g/mol. The molecule has 10 heteroatoms. The first-order valence-electron chi connectivity index (χ1n) is 10.1. The number of aromatic nitrogens is 2. The molecule has 1 N–H and O–H groups in total. The molecule has 35 heavy (non-hydrogen) atoms. The number of benzene rings is 2. The molecule has 0 fully saturated rings. The van der Waals surface area contributed by atoms with E-state index in [-0.39, 0.29) is 26.8 Å². The number of carbonyl (C=O) groups is 1. The van der Waals surface area contributed by atoms with Gasteiger partial charge in [0.1, 0.15) is 16.3 Å². The molecule has 4 aromatic rings. The number of hydrogen-bond donors (Lipinski definition) is 1. The number of hydrogen-bond acceptors (Lipinski definition) is 7. The lowest BCUT2D eigenvalue weighted by atomic mass is 10.1. The van der Waals surface area contributed by atoms with Gasteiger partial charge in [-0.3, -0.25) is 9.71 Å². The van der Waals surface area contributed by atoms with Crippen LogP contribution < -0.4 is 9.46 Å². The van der Waals surface area contributed by atoms with Crippen molar-refractivity contribution in [2.75, 3.05) is 18.9 Å². The number of nitrogens with zero attached hydrogens (tertiary/aromatic N) is 2. The van der Waals surface area contributed by atoms with Gasteiger partial charge in [0.15, 0.2) is 0 Å². The van der Waals surface area contributed by atoms with Crippen molar-refractivity contribution in [3.63, 3.8) is 0 Å². The van der Waals surface area contributed by atoms with Crippen molar-refractivity contribution in [1.29, 1.82) is 0 Å². The molecule has 0 spiro atoms. The van der Waals surface area contributed by atoms with Gasteiger partial charge in [0.05, 0.1) is 36.0 Å². The Labute approximate surface area is 206 Å². The topological polar surface area (TPSA) is 107 Å². The Kier molecular flexibility index (Phi) is 6.87. The molecule has 0 aliphatic carbocycles. The van der Waals surface area contributed by atoms with E-state index in [9.17, 15) is 13.2 Å². The van der Waals surface area contributed by atoms with Gasteiger partial charge in [0, 0.05) is 23.3 Å². The number of carbonyl (C=O) groups excluding carboxylic acids is 1. The van der Waals surface area contributed by atoms with E-state index in [4.69, 9.17) is 16.3 Å². The summed E-state index contributed by atoms with van der Waals surface area (Å²) in [6.45, 7) is 0. The smallest absolute Gasteiger partial charge is 0.356 e. The van der Waals surface area contributed by atoms with Gasteiger partial charge in [-0.2, -0.15) is 0 Å². The lowest BCUT2D eigenvalue weighted by Gasteiger charge is -2.13. The van der Waals surface area contributed by atoms with Crippen molar-refractivity contribution < 1.29 is 22.7 Å². The van der Waals surface area contributed by atoms with Gasteiger partial charge in [-0.05, 0) is 42.5 Å². The standard InChI is InChI=1S/C25H18ClN3O5S/c1-33-22-11-12-23(24-18(22)7-5-13-27-24)35(31,32)29-20-8-4-3-6-16(20)9-10-17-15-28-21(14-19(17)26)25(30)34-2/h3-8,11-15,29H,1-2H3. The second kappa shape index (κ2) is 10.0. The lowest BCUT2D eigenvalue weighted by Crippen LogP contribution is -2.14. The summed E-state index contributed by atoms with van der Waals surface area (Å²) in [7, 11) is -1.27. The van der Waals surface area contributed by atoms with E-state index in [2.05, 4.69) is 31.3 Å².